The largest absolute Gasteiger partial charge is 0.294 e. The highest BCUT2D eigenvalue weighted by Crippen LogP contribution is 2.60. The van der Waals surface area contributed by atoms with Gasteiger partial charge in [-0.1, -0.05) is 0 Å². The summed E-state index contributed by atoms with van der Waals surface area (Å²) in [6.07, 6.45) is 11.5. The van der Waals surface area contributed by atoms with E-state index in [0.29, 0.717) is 5.91 Å². The average molecular weight is 229 g/mol. The van der Waals surface area contributed by atoms with E-state index in [9.17, 15) is 4.79 Å². The fourth-order valence-corrected chi connectivity index (χ4v) is 5.12. The molecular formula is C15H19NO. The minimum atomic E-state index is 0.00771. The molecule has 4 aliphatic carbocycles. The Bertz CT molecular complexity index is 410. The number of carbonyl (C=O) groups is 1. The van der Waals surface area contributed by atoms with Gasteiger partial charge < -0.3 is 0 Å². The highest BCUT2D eigenvalue weighted by molar-refractivity contribution is 5.85. The van der Waals surface area contributed by atoms with Crippen molar-refractivity contribution >= 4 is 5.91 Å². The lowest BCUT2D eigenvalue weighted by Gasteiger charge is -2.55. The van der Waals surface area contributed by atoms with Crippen LogP contribution in [-0.4, -0.2) is 10.5 Å². The molecule has 1 aromatic heterocycles. The molecule has 4 fully saturated rings. The van der Waals surface area contributed by atoms with Gasteiger partial charge in [-0.25, -0.2) is 0 Å². The van der Waals surface area contributed by atoms with Crippen LogP contribution in [0.4, 0.5) is 0 Å². The van der Waals surface area contributed by atoms with Crippen LogP contribution in [0.5, 0.6) is 0 Å². The number of rotatable bonds is 1. The summed E-state index contributed by atoms with van der Waals surface area (Å²) < 4.78 is 1.83. The van der Waals surface area contributed by atoms with Gasteiger partial charge in [0, 0.05) is 12.4 Å². The SMILES string of the molecule is O=C(n1cccc1)C12CC3CC(CC(C3)C1)C2. The van der Waals surface area contributed by atoms with Crippen molar-refractivity contribution in [1.29, 1.82) is 0 Å². The van der Waals surface area contributed by atoms with E-state index in [4.69, 9.17) is 0 Å². The predicted molar refractivity (Wildman–Crippen MR) is 65.7 cm³/mol. The van der Waals surface area contributed by atoms with Crippen LogP contribution in [0, 0.1) is 23.2 Å². The molecule has 0 aliphatic heterocycles. The molecule has 0 radical (unpaired) electrons. The summed E-state index contributed by atoms with van der Waals surface area (Å²) in [5, 5.41) is 0. The Hall–Kier alpha value is -1.05. The Kier molecular flexibility index (Phi) is 1.89. The molecule has 0 atom stereocenters. The van der Waals surface area contributed by atoms with Crippen LogP contribution in [0.15, 0.2) is 24.5 Å². The maximum absolute atomic E-state index is 12.7. The predicted octanol–water partition coefficient (Wildman–Crippen LogP) is 3.34. The van der Waals surface area contributed by atoms with Crippen LogP contribution < -0.4 is 0 Å². The lowest BCUT2D eigenvalue weighted by atomic mass is 9.49. The van der Waals surface area contributed by atoms with Gasteiger partial charge in [-0.3, -0.25) is 9.36 Å². The molecule has 0 unspecified atom stereocenters. The first-order valence-electron chi connectivity index (χ1n) is 6.93. The fourth-order valence-electron chi connectivity index (χ4n) is 5.12. The quantitative estimate of drug-likeness (QED) is 0.724. The molecule has 0 N–H and O–H groups in total. The van der Waals surface area contributed by atoms with Crippen molar-refractivity contribution in [2.24, 2.45) is 23.2 Å². The van der Waals surface area contributed by atoms with Gasteiger partial charge in [0.15, 0.2) is 0 Å². The molecule has 1 aromatic rings. The molecule has 0 aromatic carbocycles. The number of hydrogen-bond donors (Lipinski definition) is 0. The van der Waals surface area contributed by atoms with E-state index in [1.807, 2.05) is 29.1 Å². The molecule has 4 saturated carbocycles. The number of aromatic nitrogens is 1. The second-order valence-corrected chi connectivity index (χ2v) is 6.59. The van der Waals surface area contributed by atoms with E-state index in [1.165, 1.54) is 19.3 Å². The van der Waals surface area contributed by atoms with Crippen molar-refractivity contribution in [3.05, 3.63) is 24.5 Å². The summed E-state index contributed by atoms with van der Waals surface area (Å²) in [5.74, 6) is 2.92. The van der Waals surface area contributed by atoms with Crippen molar-refractivity contribution in [3.8, 4) is 0 Å². The van der Waals surface area contributed by atoms with Gasteiger partial charge in [0.1, 0.15) is 0 Å². The number of nitrogens with zero attached hydrogens (tertiary/aromatic N) is 1. The van der Waals surface area contributed by atoms with Crippen molar-refractivity contribution in [2.45, 2.75) is 38.5 Å². The van der Waals surface area contributed by atoms with E-state index >= 15 is 0 Å². The van der Waals surface area contributed by atoms with Gasteiger partial charge >= 0.3 is 0 Å². The Morgan fingerprint density at radius 1 is 0.941 bits per heavy atom. The maximum Gasteiger partial charge on any atom is 0.236 e. The molecule has 4 aliphatic rings. The summed E-state index contributed by atoms with van der Waals surface area (Å²) in [6.45, 7) is 0. The Balaban J connectivity index is 1.71. The zero-order valence-corrected chi connectivity index (χ0v) is 10.1. The van der Waals surface area contributed by atoms with Crippen LogP contribution in [-0.2, 0) is 0 Å². The van der Waals surface area contributed by atoms with E-state index < -0.39 is 0 Å². The second-order valence-electron chi connectivity index (χ2n) is 6.59. The smallest absolute Gasteiger partial charge is 0.236 e. The van der Waals surface area contributed by atoms with E-state index in [-0.39, 0.29) is 5.41 Å². The molecule has 0 saturated heterocycles. The Morgan fingerprint density at radius 3 is 1.88 bits per heavy atom. The molecular weight excluding hydrogens is 210 g/mol. The minimum Gasteiger partial charge on any atom is -0.294 e. The topological polar surface area (TPSA) is 22.0 Å². The van der Waals surface area contributed by atoms with Crippen LogP contribution in [0.25, 0.3) is 0 Å². The molecule has 1 heterocycles. The zero-order valence-electron chi connectivity index (χ0n) is 10.1. The first kappa shape index (κ1) is 9.93. The molecule has 2 nitrogen and oxygen atoms in total. The fraction of sp³-hybridized carbons (Fsp3) is 0.667. The summed E-state index contributed by atoms with van der Waals surface area (Å²) in [6, 6.07) is 3.91. The standard InChI is InChI=1S/C15H19NO/c17-14(16-3-1-2-4-16)15-8-11-5-12(9-15)7-13(6-11)10-15/h1-4,11-13H,5-10H2. The third-order valence-corrected chi connectivity index (χ3v) is 5.33. The van der Waals surface area contributed by atoms with E-state index in [0.717, 1.165) is 37.0 Å². The van der Waals surface area contributed by atoms with Crippen molar-refractivity contribution in [2.75, 3.05) is 0 Å². The molecule has 90 valence electrons. The van der Waals surface area contributed by atoms with Gasteiger partial charge in [-0.15, -0.1) is 0 Å². The first-order chi connectivity index (χ1) is 8.25. The van der Waals surface area contributed by atoms with Crippen LogP contribution >= 0.6 is 0 Å². The normalized spacial score (nSPS) is 42.9. The summed E-state index contributed by atoms with van der Waals surface area (Å²) in [5.41, 5.74) is 0.00771. The minimum absolute atomic E-state index is 0.00771. The third kappa shape index (κ3) is 1.36. The van der Waals surface area contributed by atoms with Gasteiger partial charge in [0.25, 0.3) is 0 Å². The molecule has 5 rings (SSSR count). The van der Waals surface area contributed by atoms with Crippen molar-refractivity contribution in [1.82, 2.24) is 4.57 Å². The summed E-state index contributed by atoms with van der Waals surface area (Å²) in [4.78, 5) is 12.7. The molecule has 0 spiro atoms. The number of carbonyl (C=O) groups excluding carboxylic acids is 1. The van der Waals surface area contributed by atoms with Crippen LogP contribution in [0.1, 0.15) is 43.3 Å². The van der Waals surface area contributed by atoms with Crippen molar-refractivity contribution < 1.29 is 4.79 Å². The highest BCUT2D eigenvalue weighted by Gasteiger charge is 2.54. The molecule has 0 amide bonds. The van der Waals surface area contributed by atoms with Crippen LogP contribution in [0.3, 0.4) is 0 Å². The summed E-state index contributed by atoms with van der Waals surface area (Å²) >= 11 is 0. The van der Waals surface area contributed by atoms with E-state index in [1.54, 1.807) is 0 Å². The first-order valence-corrected chi connectivity index (χ1v) is 6.93. The Labute approximate surface area is 102 Å². The molecule has 2 heteroatoms. The Morgan fingerprint density at radius 2 is 1.41 bits per heavy atom. The van der Waals surface area contributed by atoms with Gasteiger partial charge in [-0.05, 0) is 68.4 Å². The maximum atomic E-state index is 12.7. The van der Waals surface area contributed by atoms with Gasteiger partial charge in [0.2, 0.25) is 5.91 Å². The molecule has 4 bridgehead atoms. The molecule has 17 heavy (non-hydrogen) atoms. The zero-order chi connectivity index (χ0) is 11.5. The van der Waals surface area contributed by atoms with Crippen LogP contribution in [0.2, 0.25) is 0 Å². The monoisotopic (exact) mass is 229 g/mol. The summed E-state index contributed by atoms with van der Waals surface area (Å²) in [7, 11) is 0. The lowest BCUT2D eigenvalue weighted by Crippen LogP contribution is -2.51. The van der Waals surface area contributed by atoms with Gasteiger partial charge in [-0.2, -0.15) is 0 Å². The van der Waals surface area contributed by atoms with E-state index in [2.05, 4.69) is 0 Å². The third-order valence-electron chi connectivity index (χ3n) is 5.33. The van der Waals surface area contributed by atoms with Gasteiger partial charge in [0.05, 0.1) is 5.41 Å². The van der Waals surface area contributed by atoms with Crippen molar-refractivity contribution in [3.63, 3.8) is 0 Å². The lowest BCUT2D eigenvalue weighted by molar-refractivity contribution is -0.0400. The second kappa shape index (κ2) is 3.24. The average Bonchev–Trinajstić information content (AvgIpc) is 2.79. The highest BCUT2D eigenvalue weighted by atomic mass is 16.2. The number of hydrogen-bond acceptors (Lipinski definition) is 1.